The summed E-state index contributed by atoms with van der Waals surface area (Å²) < 4.78 is 5.95. The molecule has 0 unspecified atom stereocenters. The van der Waals surface area contributed by atoms with E-state index in [4.69, 9.17) is 4.74 Å². The fraction of sp³-hybridized carbons (Fsp3) is 0.368. The van der Waals surface area contributed by atoms with Crippen LogP contribution < -0.4 is 9.64 Å². The number of likely N-dealkylation sites (N-methyl/N-ethyl adjacent to an activating group) is 1. The van der Waals surface area contributed by atoms with Gasteiger partial charge in [-0.25, -0.2) is 0 Å². The standard InChI is InChI=1S/C19H23N3O3/c1-20-10-12-21(13-11-20)18-8-7-17(22(23)24)15-19(18)25-14-9-16-5-3-2-4-6-16/h2-8,15H,9-14H2,1H3. The summed E-state index contributed by atoms with van der Waals surface area (Å²) in [5.41, 5.74) is 2.19. The smallest absolute Gasteiger partial charge is 0.273 e. The van der Waals surface area contributed by atoms with E-state index in [9.17, 15) is 10.1 Å². The molecular weight excluding hydrogens is 318 g/mol. The van der Waals surface area contributed by atoms with Gasteiger partial charge in [0.15, 0.2) is 0 Å². The van der Waals surface area contributed by atoms with Gasteiger partial charge in [0.1, 0.15) is 5.75 Å². The van der Waals surface area contributed by atoms with Crippen LogP contribution in [0.15, 0.2) is 48.5 Å². The maximum atomic E-state index is 11.1. The third-order valence-corrected chi connectivity index (χ3v) is 4.49. The van der Waals surface area contributed by atoms with E-state index in [0.717, 1.165) is 38.3 Å². The highest BCUT2D eigenvalue weighted by Gasteiger charge is 2.20. The topological polar surface area (TPSA) is 58.9 Å². The minimum absolute atomic E-state index is 0.0626. The lowest BCUT2D eigenvalue weighted by atomic mass is 10.2. The van der Waals surface area contributed by atoms with Crippen molar-refractivity contribution in [3.05, 3.63) is 64.2 Å². The number of piperazine rings is 1. The second kappa shape index (κ2) is 7.98. The van der Waals surface area contributed by atoms with E-state index in [0.29, 0.717) is 12.4 Å². The maximum absolute atomic E-state index is 11.1. The molecule has 132 valence electrons. The number of benzene rings is 2. The maximum Gasteiger partial charge on any atom is 0.273 e. The second-order valence-corrected chi connectivity index (χ2v) is 6.28. The molecule has 2 aromatic rings. The number of nitro groups is 1. The summed E-state index contributed by atoms with van der Waals surface area (Å²) in [6.45, 7) is 4.22. The first-order chi connectivity index (χ1) is 12.1. The van der Waals surface area contributed by atoms with E-state index in [1.807, 2.05) is 18.2 Å². The van der Waals surface area contributed by atoms with Gasteiger partial charge in [0.2, 0.25) is 0 Å². The van der Waals surface area contributed by atoms with Gasteiger partial charge in [0, 0.05) is 38.7 Å². The molecule has 1 aliphatic heterocycles. The molecule has 6 nitrogen and oxygen atoms in total. The van der Waals surface area contributed by atoms with Gasteiger partial charge >= 0.3 is 0 Å². The summed E-state index contributed by atoms with van der Waals surface area (Å²) in [5, 5.41) is 11.1. The van der Waals surface area contributed by atoms with Gasteiger partial charge in [-0.15, -0.1) is 0 Å². The van der Waals surface area contributed by atoms with Crippen LogP contribution in [0.1, 0.15) is 5.56 Å². The second-order valence-electron chi connectivity index (χ2n) is 6.28. The SMILES string of the molecule is CN1CCN(c2ccc([N+](=O)[O-])cc2OCCc2ccccc2)CC1. The van der Waals surface area contributed by atoms with E-state index < -0.39 is 0 Å². The molecule has 0 aliphatic carbocycles. The molecule has 0 spiro atoms. The third kappa shape index (κ3) is 4.48. The Morgan fingerprint density at radius 1 is 1.08 bits per heavy atom. The Hall–Kier alpha value is -2.60. The molecule has 3 rings (SSSR count). The van der Waals surface area contributed by atoms with Gasteiger partial charge in [-0.05, 0) is 18.7 Å². The van der Waals surface area contributed by atoms with Gasteiger partial charge in [-0.2, -0.15) is 0 Å². The predicted molar refractivity (Wildman–Crippen MR) is 98.4 cm³/mol. The average Bonchev–Trinajstić information content (AvgIpc) is 2.63. The van der Waals surface area contributed by atoms with Crippen LogP contribution in [0.3, 0.4) is 0 Å². The zero-order chi connectivity index (χ0) is 17.6. The zero-order valence-electron chi connectivity index (χ0n) is 14.4. The molecule has 25 heavy (non-hydrogen) atoms. The molecule has 0 atom stereocenters. The van der Waals surface area contributed by atoms with E-state index in [-0.39, 0.29) is 10.6 Å². The van der Waals surface area contributed by atoms with Crippen molar-refractivity contribution in [1.82, 2.24) is 4.90 Å². The number of rotatable bonds is 6. The Kier molecular flexibility index (Phi) is 5.50. The lowest BCUT2D eigenvalue weighted by Crippen LogP contribution is -2.44. The third-order valence-electron chi connectivity index (χ3n) is 4.49. The van der Waals surface area contributed by atoms with Crippen molar-refractivity contribution in [3.63, 3.8) is 0 Å². The molecule has 6 heteroatoms. The molecule has 0 saturated carbocycles. The molecular formula is C19H23N3O3. The number of nitrogens with zero attached hydrogens (tertiary/aromatic N) is 3. The Balaban J connectivity index is 1.74. The Bertz CT molecular complexity index is 713. The summed E-state index contributed by atoms with van der Waals surface area (Å²) in [7, 11) is 2.10. The summed E-state index contributed by atoms with van der Waals surface area (Å²) in [5.74, 6) is 0.592. The molecule has 0 aromatic heterocycles. The first kappa shape index (κ1) is 17.2. The van der Waals surface area contributed by atoms with Crippen molar-refractivity contribution < 1.29 is 9.66 Å². The van der Waals surface area contributed by atoms with Crippen molar-refractivity contribution in [2.75, 3.05) is 44.7 Å². The predicted octanol–water partition coefficient (Wildman–Crippen LogP) is 2.97. The van der Waals surface area contributed by atoms with Gasteiger partial charge in [-0.1, -0.05) is 30.3 Å². The first-order valence-electron chi connectivity index (χ1n) is 8.52. The van der Waals surface area contributed by atoms with Crippen LogP contribution in [0.5, 0.6) is 5.75 Å². The van der Waals surface area contributed by atoms with E-state index in [1.165, 1.54) is 5.56 Å². The molecule has 1 heterocycles. The lowest BCUT2D eigenvalue weighted by molar-refractivity contribution is -0.384. The molecule has 1 saturated heterocycles. The Morgan fingerprint density at radius 3 is 2.48 bits per heavy atom. The van der Waals surface area contributed by atoms with Gasteiger partial charge in [0.25, 0.3) is 5.69 Å². The summed E-state index contributed by atoms with van der Waals surface area (Å²) in [4.78, 5) is 15.2. The zero-order valence-corrected chi connectivity index (χ0v) is 14.4. The minimum Gasteiger partial charge on any atom is -0.491 e. The highest BCUT2D eigenvalue weighted by atomic mass is 16.6. The normalized spacial score (nSPS) is 15.2. The van der Waals surface area contributed by atoms with Crippen LogP contribution >= 0.6 is 0 Å². The fourth-order valence-electron chi connectivity index (χ4n) is 2.96. The molecule has 1 aliphatic rings. The quantitative estimate of drug-likeness (QED) is 0.597. The van der Waals surface area contributed by atoms with Crippen molar-refractivity contribution in [1.29, 1.82) is 0 Å². The molecule has 2 aromatic carbocycles. The van der Waals surface area contributed by atoms with Gasteiger partial charge < -0.3 is 14.5 Å². The number of anilines is 1. The van der Waals surface area contributed by atoms with Gasteiger partial charge in [0.05, 0.1) is 23.3 Å². The van der Waals surface area contributed by atoms with E-state index >= 15 is 0 Å². The van der Waals surface area contributed by atoms with Crippen LogP contribution in [0, 0.1) is 10.1 Å². The highest BCUT2D eigenvalue weighted by molar-refractivity contribution is 5.62. The number of ether oxygens (including phenoxy) is 1. The van der Waals surface area contributed by atoms with Crippen molar-refractivity contribution in [2.45, 2.75) is 6.42 Å². The van der Waals surface area contributed by atoms with Crippen molar-refractivity contribution >= 4 is 11.4 Å². The first-order valence-corrected chi connectivity index (χ1v) is 8.52. The largest absolute Gasteiger partial charge is 0.491 e. The van der Waals surface area contributed by atoms with Gasteiger partial charge in [-0.3, -0.25) is 10.1 Å². The number of nitro benzene ring substituents is 1. The molecule has 0 amide bonds. The molecule has 0 bridgehead atoms. The summed E-state index contributed by atoms with van der Waals surface area (Å²) in [6.07, 6.45) is 0.770. The molecule has 1 fully saturated rings. The van der Waals surface area contributed by atoms with Crippen LogP contribution in [-0.2, 0) is 6.42 Å². The highest BCUT2D eigenvalue weighted by Crippen LogP contribution is 2.33. The number of hydrogen-bond donors (Lipinski definition) is 0. The summed E-state index contributed by atoms with van der Waals surface area (Å²) >= 11 is 0. The van der Waals surface area contributed by atoms with E-state index in [2.05, 4.69) is 29.0 Å². The van der Waals surface area contributed by atoms with Crippen LogP contribution in [0.25, 0.3) is 0 Å². The minimum atomic E-state index is -0.377. The monoisotopic (exact) mass is 341 g/mol. The Morgan fingerprint density at radius 2 is 1.80 bits per heavy atom. The van der Waals surface area contributed by atoms with Crippen LogP contribution in [-0.4, -0.2) is 49.7 Å². The average molecular weight is 341 g/mol. The molecule has 0 radical (unpaired) electrons. The number of non-ortho nitro benzene ring substituents is 1. The lowest BCUT2D eigenvalue weighted by Gasteiger charge is -2.34. The Labute approximate surface area is 147 Å². The number of hydrogen-bond acceptors (Lipinski definition) is 5. The van der Waals surface area contributed by atoms with Crippen LogP contribution in [0.4, 0.5) is 11.4 Å². The summed E-state index contributed by atoms with van der Waals surface area (Å²) in [6, 6.07) is 15.0. The fourth-order valence-corrected chi connectivity index (χ4v) is 2.96. The van der Waals surface area contributed by atoms with Crippen molar-refractivity contribution in [3.8, 4) is 5.75 Å². The molecule has 0 N–H and O–H groups in total. The van der Waals surface area contributed by atoms with E-state index in [1.54, 1.807) is 18.2 Å². The van der Waals surface area contributed by atoms with Crippen LogP contribution in [0.2, 0.25) is 0 Å². The van der Waals surface area contributed by atoms with Crippen molar-refractivity contribution in [2.24, 2.45) is 0 Å².